The molecule has 1 atom stereocenters. The van der Waals surface area contributed by atoms with Gasteiger partial charge in [-0.1, -0.05) is 36.2 Å². The standard InChI is InChI=1S/C15H20Cl2N2O3S/c1-11-5-4-8-18(9-11)14(20)10-19(23(2,21)22)13-7-3-6-12(16)15(13)17/h3,6-7,11H,4-5,8-10H2,1-2H3. The smallest absolute Gasteiger partial charge is 0.243 e. The van der Waals surface area contributed by atoms with E-state index < -0.39 is 10.0 Å². The summed E-state index contributed by atoms with van der Waals surface area (Å²) in [5.74, 6) is 0.201. The zero-order valence-electron chi connectivity index (χ0n) is 13.1. The molecule has 1 fully saturated rings. The van der Waals surface area contributed by atoms with Gasteiger partial charge in [0.25, 0.3) is 0 Å². The third-order valence-corrected chi connectivity index (χ3v) is 5.82. The van der Waals surface area contributed by atoms with Crippen LogP contribution < -0.4 is 4.31 Å². The number of likely N-dealkylation sites (tertiary alicyclic amines) is 1. The van der Waals surface area contributed by atoms with Crippen molar-refractivity contribution in [1.29, 1.82) is 0 Å². The number of amides is 1. The minimum absolute atomic E-state index is 0.124. The van der Waals surface area contributed by atoms with E-state index in [0.717, 1.165) is 23.4 Å². The monoisotopic (exact) mass is 378 g/mol. The number of rotatable bonds is 4. The van der Waals surface area contributed by atoms with Gasteiger partial charge in [0.1, 0.15) is 6.54 Å². The molecular weight excluding hydrogens is 359 g/mol. The topological polar surface area (TPSA) is 57.7 Å². The van der Waals surface area contributed by atoms with Crippen molar-refractivity contribution in [1.82, 2.24) is 4.90 Å². The number of halogens is 2. The third-order valence-electron chi connectivity index (χ3n) is 3.89. The number of hydrogen-bond acceptors (Lipinski definition) is 3. The van der Waals surface area contributed by atoms with Crippen molar-refractivity contribution in [3.05, 3.63) is 28.2 Å². The number of nitrogens with zero attached hydrogens (tertiary/aromatic N) is 2. The van der Waals surface area contributed by atoms with Crippen LogP contribution in [0.4, 0.5) is 5.69 Å². The normalized spacial score (nSPS) is 18.8. The van der Waals surface area contributed by atoms with Crippen LogP contribution in [0.3, 0.4) is 0 Å². The van der Waals surface area contributed by atoms with Gasteiger partial charge >= 0.3 is 0 Å². The lowest BCUT2D eigenvalue weighted by Gasteiger charge is -2.33. The predicted octanol–water partition coefficient (Wildman–Crippen LogP) is 3.02. The van der Waals surface area contributed by atoms with Gasteiger partial charge in [0.05, 0.1) is 22.0 Å². The number of benzene rings is 1. The van der Waals surface area contributed by atoms with E-state index in [4.69, 9.17) is 23.2 Å². The quantitative estimate of drug-likeness (QED) is 0.808. The van der Waals surface area contributed by atoms with E-state index in [0.29, 0.717) is 19.0 Å². The van der Waals surface area contributed by atoms with E-state index in [1.165, 1.54) is 0 Å². The molecule has 1 heterocycles. The maximum Gasteiger partial charge on any atom is 0.243 e. The molecular formula is C15H20Cl2N2O3S. The Morgan fingerprint density at radius 3 is 2.70 bits per heavy atom. The van der Waals surface area contributed by atoms with Crippen LogP contribution in [0, 0.1) is 5.92 Å². The van der Waals surface area contributed by atoms with Gasteiger partial charge in [0.2, 0.25) is 15.9 Å². The number of sulfonamides is 1. The van der Waals surface area contributed by atoms with Crippen LogP contribution in [0.1, 0.15) is 19.8 Å². The lowest BCUT2D eigenvalue weighted by molar-refractivity contribution is -0.131. The molecule has 128 valence electrons. The Bertz CT molecular complexity index is 694. The number of anilines is 1. The fourth-order valence-electron chi connectivity index (χ4n) is 2.70. The van der Waals surface area contributed by atoms with E-state index in [1.807, 2.05) is 0 Å². The molecule has 1 aromatic carbocycles. The van der Waals surface area contributed by atoms with Crippen molar-refractivity contribution < 1.29 is 13.2 Å². The van der Waals surface area contributed by atoms with Gasteiger partial charge in [-0.3, -0.25) is 9.10 Å². The Balaban J connectivity index is 2.27. The zero-order chi connectivity index (χ0) is 17.2. The second-order valence-corrected chi connectivity index (χ2v) is 8.62. The van der Waals surface area contributed by atoms with Crippen molar-refractivity contribution >= 4 is 44.8 Å². The first kappa shape index (κ1) is 18.4. The molecule has 8 heteroatoms. The van der Waals surface area contributed by atoms with Crippen molar-refractivity contribution in [2.24, 2.45) is 5.92 Å². The minimum Gasteiger partial charge on any atom is -0.341 e. The molecule has 1 amide bonds. The second kappa shape index (κ2) is 7.28. The zero-order valence-corrected chi connectivity index (χ0v) is 15.5. The summed E-state index contributed by atoms with van der Waals surface area (Å²) in [6.07, 6.45) is 3.07. The van der Waals surface area contributed by atoms with E-state index in [-0.39, 0.29) is 28.2 Å². The number of hydrogen-bond donors (Lipinski definition) is 0. The minimum atomic E-state index is -3.66. The summed E-state index contributed by atoms with van der Waals surface area (Å²) < 4.78 is 25.3. The molecule has 0 aromatic heterocycles. The molecule has 5 nitrogen and oxygen atoms in total. The van der Waals surface area contributed by atoms with E-state index in [1.54, 1.807) is 23.1 Å². The van der Waals surface area contributed by atoms with Crippen molar-refractivity contribution in [3.8, 4) is 0 Å². The van der Waals surface area contributed by atoms with Crippen molar-refractivity contribution in [3.63, 3.8) is 0 Å². The summed E-state index contributed by atoms with van der Waals surface area (Å²) in [6, 6.07) is 4.72. The molecule has 0 N–H and O–H groups in total. The number of carbonyl (C=O) groups is 1. The molecule has 0 bridgehead atoms. The van der Waals surface area contributed by atoms with Gasteiger partial charge in [0, 0.05) is 13.1 Å². The Morgan fingerprint density at radius 1 is 1.39 bits per heavy atom. The highest BCUT2D eigenvalue weighted by Gasteiger charge is 2.28. The van der Waals surface area contributed by atoms with Crippen molar-refractivity contribution in [2.45, 2.75) is 19.8 Å². The second-order valence-electron chi connectivity index (χ2n) is 5.93. The van der Waals surface area contributed by atoms with Crippen LogP contribution >= 0.6 is 23.2 Å². The third kappa shape index (κ3) is 4.52. The largest absolute Gasteiger partial charge is 0.341 e. The molecule has 1 aromatic rings. The van der Waals surface area contributed by atoms with Crippen LogP contribution in [0.25, 0.3) is 0 Å². The molecule has 1 aliphatic rings. The summed E-state index contributed by atoms with van der Waals surface area (Å²) in [4.78, 5) is 14.2. The molecule has 23 heavy (non-hydrogen) atoms. The molecule has 1 saturated heterocycles. The van der Waals surface area contributed by atoms with Gasteiger partial charge in [-0.15, -0.1) is 0 Å². The highest BCUT2D eigenvalue weighted by atomic mass is 35.5. The Labute approximate surface area is 147 Å². The highest BCUT2D eigenvalue weighted by molar-refractivity contribution is 7.92. The van der Waals surface area contributed by atoms with E-state index >= 15 is 0 Å². The fraction of sp³-hybridized carbons (Fsp3) is 0.533. The van der Waals surface area contributed by atoms with Crippen LogP contribution in [0.5, 0.6) is 0 Å². The average molecular weight is 379 g/mol. The highest BCUT2D eigenvalue weighted by Crippen LogP contribution is 2.33. The van der Waals surface area contributed by atoms with Gasteiger partial charge < -0.3 is 4.90 Å². The fourth-order valence-corrected chi connectivity index (χ4v) is 4.01. The molecule has 1 unspecified atom stereocenters. The van der Waals surface area contributed by atoms with Crippen molar-refractivity contribution in [2.75, 3.05) is 30.2 Å². The summed E-state index contributed by atoms with van der Waals surface area (Å²) in [7, 11) is -3.66. The lowest BCUT2D eigenvalue weighted by Crippen LogP contribution is -2.46. The summed E-state index contributed by atoms with van der Waals surface area (Å²) in [5, 5.41) is 0.372. The first-order chi connectivity index (χ1) is 10.7. The molecule has 0 spiro atoms. The Hall–Kier alpha value is -0.980. The van der Waals surface area contributed by atoms with E-state index in [9.17, 15) is 13.2 Å². The van der Waals surface area contributed by atoms with E-state index in [2.05, 4.69) is 6.92 Å². The predicted molar refractivity (Wildman–Crippen MR) is 93.6 cm³/mol. The van der Waals surface area contributed by atoms with Crippen LogP contribution in [0.15, 0.2) is 18.2 Å². The van der Waals surface area contributed by atoms with Crippen LogP contribution in [-0.2, 0) is 14.8 Å². The molecule has 0 radical (unpaired) electrons. The summed E-state index contributed by atoms with van der Waals surface area (Å²) in [5.41, 5.74) is 0.222. The van der Waals surface area contributed by atoms with Gasteiger partial charge in [-0.05, 0) is 30.9 Å². The van der Waals surface area contributed by atoms with Gasteiger partial charge in [-0.2, -0.15) is 0 Å². The first-order valence-electron chi connectivity index (χ1n) is 7.39. The molecule has 1 aliphatic heterocycles. The maximum atomic E-state index is 12.5. The average Bonchev–Trinajstić information content (AvgIpc) is 2.46. The van der Waals surface area contributed by atoms with Gasteiger partial charge in [0.15, 0.2) is 0 Å². The van der Waals surface area contributed by atoms with Gasteiger partial charge in [-0.25, -0.2) is 8.42 Å². The molecule has 0 aliphatic carbocycles. The van der Waals surface area contributed by atoms with Crippen LogP contribution in [0.2, 0.25) is 10.0 Å². The number of piperidine rings is 1. The van der Waals surface area contributed by atoms with Crippen LogP contribution in [-0.4, -0.2) is 45.1 Å². The summed E-state index contributed by atoms with van der Waals surface area (Å²) in [6.45, 7) is 3.12. The Morgan fingerprint density at radius 2 is 2.09 bits per heavy atom. The Kier molecular flexibility index (Phi) is 5.81. The maximum absolute atomic E-state index is 12.5. The molecule has 2 rings (SSSR count). The lowest BCUT2D eigenvalue weighted by atomic mass is 10.0. The number of carbonyl (C=O) groups excluding carboxylic acids is 1. The summed E-state index contributed by atoms with van der Waals surface area (Å²) >= 11 is 12.1. The SMILES string of the molecule is CC1CCCN(C(=O)CN(c2cccc(Cl)c2Cl)S(C)(=O)=O)C1. The molecule has 0 saturated carbocycles. The first-order valence-corrected chi connectivity index (χ1v) is 10.00.